The van der Waals surface area contributed by atoms with Gasteiger partial charge in [0.25, 0.3) is 17.7 Å². The number of anilines is 3. The zero-order valence-corrected chi connectivity index (χ0v) is 35.0. The van der Waals surface area contributed by atoms with E-state index in [-0.39, 0.29) is 73.4 Å². The third kappa shape index (κ3) is 7.30. The minimum absolute atomic E-state index is 0.00946. The molecule has 0 unspecified atom stereocenters. The summed E-state index contributed by atoms with van der Waals surface area (Å²) >= 11 is 0. The summed E-state index contributed by atoms with van der Waals surface area (Å²) in [6, 6.07) is 34.1. The summed E-state index contributed by atoms with van der Waals surface area (Å²) in [5.41, 5.74) is 0.0672. The highest BCUT2D eigenvalue weighted by atomic mass is 16.6. The predicted octanol–water partition coefficient (Wildman–Crippen LogP) is 9.79. The van der Waals surface area contributed by atoms with E-state index in [2.05, 4.69) is 16.0 Å². The maximum absolute atomic E-state index is 14.7. The van der Waals surface area contributed by atoms with Crippen molar-refractivity contribution < 1.29 is 47.8 Å². The van der Waals surface area contributed by atoms with Gasteiger partial charge in [-0.05, 0) is 51.9 Å². The number of nitrogens with one attached hydrogen (secondary N) is 3. The highest BCUT2D eigenvalue weighted by Crippen LogP contribution is 2.44. The molecule has 0 atom stereocenters. The van der Waals surface area contributed by atoms with Gasteiger partial charge in [-0.25, -0.2) is 4.79 Å². The largest absolute Gasteiger partial charge is 0.494 e. The average molecular weight is 859 g/mol. The second kappa shape index (κ2) is 17.3. The number of carbonyl (C=O) groups is 4. The van der Waals surface area contributed by atoms with E-state index < -0.39 is 28.6 Å². The Morgan fingerprint density at radius 1 is 0.438 bits per heavy atom. The van der Waals surface area contributed by atoms with Crippen molar-refractivity contribution in [2.45, 2.75) is 0 Å². The number of benzene rings is 8. The van der Waals surface area contributed by atoms with Gasteiger partial charge in [0.15, 0.2) is 17.2 Å². The summed E-state index contributed by atoms with van der Waals surface area (Å²) in [6.45, 7) is 0. The lowest BCUT2D eigenvalue weighted by molar-refractivity contribution is -0.384. The minimum atomic E-state index is -0.764. The number of ether oxygens (including phenoxy) is 5. The molecule has 0 aromatic heterocycles. The number of rotatable bonds is 12. The zero-order chi connectivity index (χ0) is 45.2. The lowest BCUT2D eigenvalue weighted by Gasteiger charge is -2.21. The Labute approximate surface area is 364 Å². The smallest absolute Gasteiger partial charge is 0.341 e. The minimum Gasteiger partial charge on any atom is -0.494 e. The first-order valence-corrected chi connectivity index (χ1v) is 19.6. The van der Waals surface area contributed by atoms with Crippen molar-refractivity contribution in [3.63, 3.8) is 0 Å². The Morgan fingerprint density at radius 2 is 0.734 bits per heavy atom. The van der Waals surface area contributed by atoms with Crippen LogP contribution in [-0.4, -0.2) is 64.2 Å². The Kier molecular flexibility index (Phi) is 11.4. The molecule has 0 aliphatic rings. The van der Waals surface area contributed by atoms with Gasteiger partial charge in [0.1, 0.15) is 5.56 Å². The topological polar surface area (TPSA) is 194 Å². The van der Waals surface area contributed by atoms with Gasteiger partial charge in [-0.3, -0.25) is 24.5 Å². The monoisotopic (exact) mass is 858 g/mol. The van der Waals surface area contributed by atoms with Gasteiger partial charge < -0.3 is 39.6 Å². The van der Waals surface area contributed by atoms with Gasteiger partial charge in [0.2, 0.25) is 5.75 Å². The van der Waals surface area contributed by atoms with E-state index in [1.807, 2.05) is 0 Å². The summed E-state index contributed by atoms with van der Waals surface area (Å²) in [5, 5.41) is 25.1. The molecule has 0 aliphatic heterocycles. The Balaban J connectivity index is 1.23. The number of nitrogens with zero attached hydrogens (tertiary/aromatic N) is 1. The van der Waals surface area contributed by atoms with Crippen molar-refractivity contribution in [2.75, 3.05) is 51.5 Å². The molecule has 0 spiro atoms. The molecular weight excluding hydrogens is 821 g/mol. The molecule has 0 aliphatic carbocycles. The summed E-state index contributed by atoms with van der Waals surface area (Å²) in [5.74, 6) is -2.97. The van der Waals surface area contributed by atoms with Crippen molar-refractivity contribution >= 4 is 89.5 Å². The summed E-state index contributed by atoms with van der Waals surface area (Å²) in [7, 11) is 6.56. The van der Waals surface area contributed by atoms with E-state index in [0.717, 1.165) is 0 Å². The molecule has 0 radical (unpaired) electrons. The number of fused-ring (bicyclic) bond motifs is 4. The van der Waals surface area contributed by atoms with Crippen LogP contribution in [0, 0.1) is 10.1 Å². The number of carbonyl (C=O) groups excluding carboxylic acids is 4. The number of hydrogen-bond acceptors (Lipinski definition) is 11. The van der Waals surface area contributed by atoms with Crippen LogP contribution in [0.4, 0.5) is 22.7 Å². The number of methoxy groups -OCH3 is 5. The lowest BCUT2D eigenvalue weighted by Crippen LogP contribution is -2.20. The van der Waals surface area contributed by atoms with Crippen LogP contribution < -0.4 is 34.9 Å². The summed E-state index contributed by atoms with van der Waals surface area (Å²) in [4.78, 5) is 68.2. The van der Waals surface area contributed by atoms with E-state index in [1.54, 1.807) is 115 Å². The number of nitro groups is 1. The van der Waals surface area contributed by atoms with E-state index in [1.165, 1.54) is 41.6 Å². The Hall–Kier alpha value is -8.72. The molecule has 15 nitrogen and oxygen atoms in total. The maximum Gasteiger partial charge on any atom is 0.341 e. The molecule has 8 aromatic carbocycles. The molecule has 0 saturated heterocycles. The Bertz CT molecular complexity index is 3260. The van der Waals surface area contributed by atoms with Gasteiger partial charge in [-0.2, -0.15) is 0 Å². The molecule has 0 fully saturated rings. The summed E-state index contributed by atoms with van der Waals surface area (Å²) < 4.78 is 28.0. The zero-order valence-electron chi connectivity index (χ0n) is 35.0. The van der Waals surface area contributed by atoms with E-state index in [4.69, 9.17) is 23.7 Å². The second-order valence-corrected chi connectivity index (χ2v) is 14.3. The maximum atomic E-state index is 14.7. The van der Waals surface area contributed by atoms with E-state index in [9.17, 15) is 29.3 Å². The highest BCUT2D eigenvalue weighted by Gasteiger charge is 2.30. The number of hydrogen-bond donors (Lipinski definition) is 3. The van der Waals surface area contributed by atoms with Crippen molar-refractivity contribution in [1.29, 1.82) is 0 Å². The molecule has 3 amide bonds. The van der Waals surface area contributed by atoms with E-state index in [0.29, 0.717) is 37.7 Å². The van der Waals surface area contributed by atoms with Crippen LogP contribution >= 0.6 is 0 Å². The van der Waals surface area contributed by atoms with Gasteiger partial charge in [0, 0.05) is 16.2 Å². The van der Waals surface area contributed by atoms with Crippen LogP contribution in [0.1, 0.15) is 41.4 Å². The number of nitro benzene ring substituents is 1. The summed E-state index contributed by atoms with van der Waals surface area (Å²) in [6.07, 6.45) is 0. The Morgan fingerprint density at radius 3 is 1.08 bits per heavy atom. The van der Waals surface area contributed by atoms with Crippen LogP contribution in [0.3, 0.4) is 0 Å². The van der Waals surface area contributed by atoms with Crippen molar-refractivity contribution in [1.82, 2.24) is 0 Å². The van der Waals surface area contributed by atoms with Crippen LogP contribution in [0.5, 0.6) is 23.0 Å². The number of esters is 1. The first kappa shape index (κ1) is 42.0. The molecule has 15 heteroatoms. The molecule has 0 saturated carbocycles. The quantitative estimate of drug-likeness (QED) is 0.0601. The first-order chi connectivity index (χ1) is 31.0. The fourth-order valence-electron chi connectivity index (χ4n) is 8.00. The molecule has 64 heavy (non-hydrogen) atoms. The van der Waals surface area contributed by atoms with Crippen molar-refractivity contribution in [3.05, 3.63) is 154 Å². The standard InChI is InChI=1S/C49H38N4O11/c1-60-42-35(47(55)52-40-32-20-12-8-16-28(32)25-37(44(40)62-3)49(57)64-5)23-26-14-6-10-18-30(26)38(42)50-46(54)34-22-27-15-7-11-19-31(27)39(43(34)61-2)51-48(56)36-24-29-17-9-13-21-33(29)41(53(58)59)45(36)63-4/h6-25H,1-5H3,(H,50,54)(H,51,56)(H,52,55). The van der Waals surface area contributed by atoms with Crippen LogP contribution in [-0.2, 0) is 4.74 Å². The fraction of sp³-hybridized carbons (Fsp3) is 0.102. The first-order valence-electron chi connectivity index (χ1n) is 19.6. The molecule has 0 heterocycles. The van der Waals surface area contributed by atoms with Crippen molar-refractivity contribution in [3.8, 4) is 23.0 Å². The number of amides is 3. The second-order valence-electron chi connectivity index (χ2n) is 14.3. The third-order valence-corrected chi connectivity index (χ3v) is 10.8. The third-order valence-electron chi connectivity index (χ3n) is 10.8. The van der Waals surface area contributed by atoms with Gasteiger partial charge >= 0.3 is 11.7 Å². The van der Waals surface area contributed by atoms with Gasteiger partial charge in [-0.1, -0.05) is 91.0 Å². The molecule has 320 valence electrons. The molecule has 8 rings (SSSR count). The van der Waals surface area contributed by atoms with Gasteiger partial charge in [0.05, 0.1) is 79.6 Å². The predicted molar refractivity (Wildman–Crippen MR) is 244 cm³/mol. The van der Waals surface area contributed by atoms with Crippen LogP contribution in [0.2, 0.25) is 0 Å². The molecular formula is C49H38N4O11. The molecule has 8 aromatic rings. The highest BCUT2D eigenvalue weighted by molar-refractivity contribution is 6.22. The molecule has 3 N–H and O–H groups in total. The normalized spacial score (nSPS) is 11.0. The fourth-order valence-corrected chi connectivity index (χ4v) is 8.00. The van der Waals surface area contributed by atoms with Crippen molar-refractivity contribution in [2.24, 2.45) is 0 Å². The lowest BCUT2D eigenvalue weighted by atomic mass is 9.99. The van der Waals surface area contributed by atoms with Gasteiger partial charge in [-0.15, -0.1) is 0 Å². The van der Waals surface area contributed by atoms with E-state index >= 15 is 0 Å². The van der Waals surface area contributed by atoms with Crippen LogP contribution in [0.25, 0.3) is 43.1 Å². The molecule has 0 bridgehead atoms. The average Bonchev–Trinajstić information content (AvgIpc) is 3.32. The van der Waals surface area contributed by atoms with Crippen LogP contribution in [0.15, 0.2) is 121 Å². The SMILES string of the molecule is COC(=O)c1cc2ccccc2c(NC(=O)c2cc3ccccc3c(NC(=O)c3cc4ccccc4c(NC(=O)c4cc5ccccc5c([N+](=O)[O-])c4OC)c3OC)c2OC)c1OC.